The number of rotatable bonds is 3. The molecule has 2 rings (SSSR count). The lowest BCUT2D eigenvalue weighted by Crippen LogP contribution is -2.23. The lowest BCUT2D eigenvalue weighted by atomic mass is 10.2. The quantitative estimate of drug-likeness (QED) is 0.781. The maximum Gasteiger partial charge on any atom is 0.253 e. The van der Waals surface area contributed by atoms with Crippen LogP contribution in [-0.4, -0.2) is 26.1 Å². The number of aromatic nitrogens is 4. The summed E-state index contributed by atoms with van der Waals surface area (Å²) in [6.07, 6.45) is 4.63. The first-order chi connectivity index (χ1) is 7.75. The molecular formula is C10H11N5O. The number of nitrogens with zero attached hydrogens (tertiary/aromatic N) is 3. The average molecular weight is 217 g/mol. The van der Waals surface area contributed by atoms with Gasteiger partial charge in [-0.1, -0.05) is 0 Å². The maximum atomic E-state index is 11.7. The van der Waals surface area contributed by atoms with Gasteiger partial charge in [0.1, 0.15) is 12.2 Å². The van der Waals surface area contributed by atoms with Crippen LogP contribution in [0.4, 0.5) is 0 Å². The van der Waals surface area contributed by atoms with Gasteiger partial charge in [0.2, 0.25) is 0 Å². The van der Waals surface area contributed by atoms with E-state index < -0.39 is 0 Å². The smallest absolute Gasteiger partial charge is 0.253 e. The molecule has 0 atom stereocenters. The topological polar surface area (TPSA) is 83.6 Å². The van der Waals surface area contributed by atoms with Gasteiger partial charge in [-0.3, -0.25) is 14.9 Å². The number of carbonyl (C=O) groups is 1. The normalized spacial score (nSPS) is 10.1. The van der Waals surface area contributed by atoms with E-state index in [-0.39, 0.29) is 5.91 Å². The van der Waals surface area contributed by atoms with E-state index in [0.717, 1.165) is 5.56 Å². The molecule has 0 unspecified atom stereocenters. The third-order valence-electron chi connectivity index (χ3n) is 2.02. The van der Waals surface area contributed by atoms with Crippen LogP contribution in [0.1, 0.15) is 21.7 Å². The first kappa shape index (κ1) is 10.3. The zero-order valence-corrected chi connectivity index (χ0v) is 8.77. The fourth-order valence-corrected chi connectivity index (χ4v) is 1.26. The highest BCUT2D eigenvalue weighted by atomic mass is 16.1. The van der Waals surface area contributed by atoms with Crippen LogP contribution in [0.5, 0.6) is 0 Å². The van der Waals surface area contributed by atoms with Crippen LogP contribution in [0.15, 0.2) is 24.8 Å². The van der Waals surface area contributed by atoms with Gasteiger partial charge < -0.3 is 5.32 Å². The second-order valence-electron chi connectivity index (χ2n) is 3.37. The van der Waals surface area contributed by atoms with E-state index in [0.29, 0.717) is 17.9 Å². The molecule has 2 N–H and O–H groups in total. The summed E-state index contributed by atoms with van der Waals surface area (Å²) >= 11 is 0. The average Bonchev–Trinajstić information content (AvgIpc) is 2.78. The van der Waals surface area contributed by atoms with E-state index in [2.05, 4.69) is 25.5 Å². The molecule has 0 spiro atoms. The first-order valence-electron chi connectivity index (χ1n) is 4.80. The van der Waals surface area contributed by atoms with E-state index in [1.54, 1.807) is 12.3 Å². The second kappa shape index (κ2) is 4.52. The van der Waals surface area contributed by atoms with Gasteiger partial charge >= 0.3 is 0 Å². The SMILES string of the molecule is Cc1cncc(C(=O)NCc2ncn[nH]2)c1. The number of hydrogen-bond donors (Lipinski definition) is 2. The molecule has 2 heterocycles. The number of amides is 1. The molecular weight excluding hydrogens is 206 g/mol. The summed E-state index contributed by atoms with van der Waals surface area (Å²) in [5, 5.41) is 9.07. The highest BCUT2D eigenvalue weighted by molar-refractivity contribution is 5.93. The van der Waals surface area contributed by atoms with Crippen LogP contribution in [0, 0.1) is 6.92 Å². The lowest BCUT2D eigenvalue weighted by molar-refractivity contribution is 0.0949. The number of H-pyrrole nitrogens is 1. The van der Waals surface area contributed by atoms with Gasteiger partial charge in [0.15, 0.2) is 0 Å². The molecule has 0 aromatic carbocycles. The van der Waals surface area contributed by atoms with Gasteiger partial charge in [0, 0.05) is 12.4 Å². The summed E-state index contributed by atoms with van der Waals surface area (Å²) in [5.41, 5.74) is 1.49. The summed E-state index contributed by atoms with van der Waals surface area (Å²) in [7, 11) is 0. The van der Waals surface area contributed by atoms with Crippen LogP contribution < -0.4 is 5.32 Å². The third-order valence-corrected chi connectivity index (χ3v) is 2.02. The largest absolute Gasteiger partial charge is 0.345 e. The fourth-order valence-electron chi connectivity index (χ4n) is 1.26. The molecule has 0 saturated heterocycles. The number of nitrogens with one attached hydrogen (secondary N) is 2. The van der Waals surface area contributed by atoms with Crippen molar-refractivity contribution in [3.63, 3.8) is 0 Å². The Hall–Kier alpha value is -2.24. The van der Waals surface area contributed by atoms with Gasteiger partial charge in [0.05, 0.1) is 12.1 Å². The number of carbonyl (C=O) groups excluding carboxylic acids is 1. The van der Waals surface area contributed by atoms with Crippen molar-refractivity contribution in [3.05, 3.63) is 41.7 Å². The van der Waals surface area contributed by atoms with E-state index >= 15 is 0 Å². The Morgan fingerprint density at radius 1 is 1.50 bits per heavy atom. The van der Waals surface area contributed by atoms with Crippen molar-refractivity contribution in [1.29, 1.82) is 0 Å². The summed E-state index contributed by atoms with van der Waals surface area (Å²) in [4.78, 5) is 19.5. The summed E-state index contributed by atoms with van der Waals surface area (Å²) < 4.78 is 0. The molecule has 0 aliphatic rings. The molecule has 0 radical (unpaired) electrons. The molecule has 2 aromatic heterocycles. The van der Waals surface area contributed by atoms with Gasteiger partial charge in [-0.15, -0.1) is 0 Å². The predicted molar refractivity (Wildman–Crippen MR) is 56.5 cm³/mol. The molecule has 0 bridgehead atoms. The van der Waals surface area contributed by atoms with Crippen LogP contribution in [0.3, 0.4) is 0 Å². The fraction of sp³-hybridized carbons (Fsp3) is 0.200. The van der Waals surface area contributed by atoms with Gasteiger partial charge in [-0.2, -0.15) is 5.10 Å². The lowest BCUT2D eigenvalue weighted by Gasteiger charge is -2.03. The Kier molecular flexibility index (Phi) is 2.90. The molecule has 1 amide bonds. The van der Waals surface area contributed by atoms with E-state index in [9.17, 15) is 4.79 Å². The molecule has 2 aromatic rings. The summed E-state index contributed by atoms with van der Waals surface area (Å²) in [5.74, 6) is 0.446. The van der Waals surface area contributed by atoms with Crippen molar-refractivity contribution < 1.29 is 4.79 Å². The number of aromatic amines is 1. The van der Waals surface area contributed by atoms with Crippen LogP contribution >= 0.6 is 0 Å². The molecule has 0 aliphatic heterocycles. The summed E-state index contributed by atoms with van der Waals surface area (Å²) in [6.45, 7) is 2.22. The van der Waals surface area contributed by atoms with Crippen molar-refractivity contribution >= 4 is 5.91 Å². The number of pyridine rings is 1. The van der Waals surface area contributed by atoms with Crippen molar-refractivity contribution in [1.82, 2.24) is 25.5 Å². The molecule has 6 heteroatoms. The van der Waals surface area contributed by atoms with Gasteiger partial charge in [-0.05, 0) is 18.6 Å². The maximum absolute atomic E-state index is 11.7. The Morgan fingerprint density at radius 2 is 2.38 bits per heavy atom. The summed E-state index contributed by atoms with van der Waals surface area (Å²) in [6, 6.07) is 1.78. The molecule has 0 aliphatic carbocycles. The minimum absolute atomic E-state index is 0.174. The van der Waals surface area contributed by atoms with Crippen molar-refractivity contribution in [3.8, 4) is 0 Å². The molecule has 16 heavy (non-hydrogen) atoms. The number of hydrogen-bond acceptors (Lipinski definition) is 4. The standard InChI is InChI=1S/C10H11N5O/c1-7-2-8(4-11-3-7)10(16)12-5-9-13-6-14-15-9/h2-4,6H,5H2,1H3,(H,12,16)(H,13,14,15). The molecule has 82 valence electrons. The highest BCUT2D eigenvalue weighted by Gasteiger charge is 2.06. The Bertz CT molecular complexity index is 480. The monoisotopic (exact) mass is 217 g/mol. The Morgan fingerprint density at radius 3 is 3.06 bits per heavy atom. The van der Waals surface area contributed by atoms with Crippen LogP contribution in [-0.2, 0) is 6.54 Å². The minimum atomic E-state index is -0.174. The molecule has 0 fully saturated rings. The van der Waals surface area contributed by atoms with Crippen molar-refractivity contribution in [2.75, 3.05) is 0 Å². The zero-order chi connectivity index (χ0) is 11.4. The van der Waals surface area contributed by atoms with Crippen molar-refractivity contribution in [2.45, 2.75) is 13.5 Å². The Labute approximate surface area is 92.1 Å². The first-order valence-corrected chi connectivity index (χ1v) is 4.80. The van der Waals surface area contributed by atoms with E-state index in [4.69, 9.17) is 0 Å². The highest BCUT2D eigenvalue weighted by Crippen LogP contribution is 2.01. The zero-order valence-electron chi connectivity index (χ0n) is 8.77. The van der Waals surface area contributed by atoms with E-state index in [1.807, 2.05) is 6.92 Å². The predicted octanol–water partition coefficient (Wildman–Crippen LogP) is 0.438. The minimum Gasteiger partial charge on any atom is -0.345 e. The second-order valence-corrected chi connectivity index (χ2v) is 3.37. The number of aryl methyl sites for hydroxylation is 1. The third kappa shape index (κ3) is 2.41. The van der Waals surface area contributed by atoms with Crippen LogP contribution in [0.2, 0.25) is 0 Å². The van der Waals surface area contributed by atoms with Crippen LogP contribution in [0.25, 0.3) is 0 Å². The molecule has 6 nitrogen and oxygen atoms in total. The molecule has 0 saturated carbocycles. The van der Waals surface area contributed by atoms with Gasteiger partial charge in [0.25, 0.3) is 5.91 Å². The Balaban J connectivity index is 1.98. The van der Waals surface area contributed by atoms with E-state index in [1.165, 1.54) is 12.5 Å². The van der Waals surface area contributed by atoms with Crippen molar-refractivity contribution in [2.24, 2.45) is 0 Å². The van der Waals surface area contributed by atoms with Gasteiger partial charge in [-0.25, -0.2) is 4.98 Å².